The summed E-state index contributed by atoms with van der Waals surface area (Å²) in [6, 6.07) is 8.98. The van der Waals surface area contributed by atoms with Crippen molar-refractivity contribution in [3.8, 4) is 5.75 Å². The van der Waals surface area contributed by atoms with Crippen molar-refractivity contribution in [2.24, 2.45) is 0 Å². The average Bonchev–Trinajstić information content (AvgIpc) is 3.13. The Balaban J connectivity index is 1.42. The number of nitrogens with zero attached hydrogens (tertiary/aromatic N) is 1. The summed E-state index contributed by atoms with van der Waals surface area (Å²) in [5.74, 6) is 0.853. The van der Waals surface area contributed by atoms with Crippen LogP contribution in [0.1, 0.15) is 23.4 Å². The van der Waals surface area contributed by atoms with Gasteiger partial charge in [0.15, 0.2) is 0 Å². The fraction of sp³-hybridized carbons (Fsp3) is 0.400. The molecule has 1 aliphatic carbocycles. The van der Waals surface area contributed by atoms with Gasteiger partial charge in [-0.1, -0.05) is 6.07 Å². The Morgan fingerprint density at radius 1 is 1.32 bits per heavy atom. The third-order valence-corrected chi connectivity index (χ3v) is 4.08. The van der Waals surface area contributed by atoms with E-state index in [0.29, 0.717) is 6.61 Å². The first kappa shape index (κ1) is 12.6. The normalized spacial score (nSPS) is 14.5. The molecule has 1 saturated carbocycles. The zero-order valence-electron chi connectivity index (χ0n) is 10.8. The first-order valence-electron chi connectivity index (χ1n) is 6.73. The van der Waals surface area contributed by atoms with Crippen LogP contribution in [0.15, 0.2) is 35.8 Å². The van der Waals surface area contributed by atoms with Gasteiger partial charge < -0.3 is 10.1 Å². The maximum Gasteiger partial charge on any atom is 0.137 e. The van der Waals surface area contributed by atoms with Crippen molar-refractivity contribution in [3.63, 3.8) is 0 Å². The second-order valence-corrected chi connectivity index (χ2v) is 5.85. The average molecular weight is 274 g/mol. The molecule has 0 amide bonds. The molecule has 1 fully saturated rings. The monoisotopic (exact) mass is 274 g/mol. The summed E-state index contributed by atoms with van der Waals surface area (Å²) in [6.45, 7) is 1.57. The van der Waals surface area contributed by atoms with E-state index in [1.807, 2.05) is 18.3 Å². The molecule has 0 aliphatic heterocycles. The molecule has 0 aromatic carbocycles. The summed E-state index contributed by atoms with van der Waals surface area (Å²) in [5.41, 5.74) is 1.08. The van der Waals surface area contributed by atoms with Crippen molar-refractivity contribution in [2.45, 2.75) is 31.8 Å². The fourth-order valence-electron chi connectivity index (χ4n) is 1.86. The number of hydrogen-bond acceptors (Lipinski definition) is 4. The molecule has 2 aromatic rings. The lowest BCUT2D eigenvalue weighted by Crippen LogP contribution is -2.16. The summed E-state index contributed by atoms with van der Waals surface area (Å²) in [5, 5.41) is 5.55. The molecule has 0 atom stereocenters. The summed E-state index contributed by atoms with van der Waals surface area (Å²) in [6.07, 6.45) is 5.40. The standard InChI is InChI=1S/C15H18N2OS/c1-2-15(19-9-1)7-8-18-14-6-5-13(17-11-14)10-16-12-3-4-12/h1-2,5-6,9,11-12,16H,3-4,7-8,10H2. The first-order valence-corrected chi connectivity index (χ1v) is 7.61. The van der Waals surface area contributed by atoms with Gasteiger partial charge in [0.1, 0.15) is 5.75 Å². The Labute approximate surface area is 117 Å². The lowest BCUT2D eigenvalue weighted by Gasteiger charge is -2.06. The third-order valence-electron chi connectivity index (χ3n) is 3.14. The van der Waals surface area contributed by atoms with Gasteiger partial charge in [0.2, 0.25) is 0 Å². The van der Waals surface area contributed by atoms with Crippen LogP contribution in [-0.2, 0) is 13.0 Å². The Bertz CT molecular complexity index is 491. The number of nitrogens with one attached hydrogen (secondary N) is 1. The summed E-state index contributed by atoms with van der Waals surface area (Å²) in [4.78, 5) is 5.77. The molecule has 2 aromatic heterocycles. The van der Waals surface area contributed by atoms with Crippen LogP contribution in [0.25, 0.3) is 0 Å². The molecular formula is C15H18N2OS. The van der Waals surface area contributed by atoms with Gasteiger partial charge in [-0.3, -0.25) is 4.98 Å². The van der Waals surface area contributed by atoms with E-state index in [4.69, 9.17) is 4.74 Å². The maximum atomic E-state index is 5.70. The Morgan fingerprint density at radius 2 is 2.26 bits per heavy atom. The molecule has 0 unspecified atom stereocenters. The van der Waals surface area contributed by atoms with Gasteiger partial charge in [0.05, 0.1) is 18.5 Å². The third kappa shape index (κ3) is 4.04. The number of hydrogen-bond donors (Lipinski definition) is 1. The minimum Gasteiger partial charge on any atom is -0.492 e. The molecule has 19 heavy (non-hydrogen) atoms. The zero-order valence-corrected chi connectivity index (χ0v) is 11.7. The lowest BCUT2D eigenvalue weighted by atomic mass is 10.3. The van der Waals surface area contributed by atoms with Crippen molar-refractivity contribution in [2.75, 3.05) is 6.61 Å². The second kappa shape index (κ2) is 6.17. The highest BCUT2D eigenvalue weighted by Crippen LogP contribution is 2.19. The molecule has 1 N–H and O–H groups in total. The summed E-state index contributed by atoms with van der Waals surface area (Å²) >= 11 is 1.77. The van der Waals surface area contributed by atoms with Crippen molar-refractivity contribution in [3.05, 3.63) is 46.4 Å². The van der Waals surface area contributed by atoms with E-state index in [1.165, 1.54) is 17.7 Å². The maximum absolute atomic E-state index is 5.70. The molecule has 0 saturated heterocycles. The van der Waals surface area contributed by atoms with E-state index in [2.05, 4.69) is 27.8 Å². The highest BCUT2D eigenvalue weighted by molar-refractivity contribution is 7.09. The topological polar surface area (TPSA) is 34.1 Å². The van der Waals surface area contributed by atoms with Gasteiger partial charge in [-0.05, 0) is 36.4 Å². The number of ether oxygens (including phenoxy) is 1. The van der Waals surface area contributed by atoms with Crippen molar-refractivity contribution in [1.29, 1.82) is 0 Å². The molecule has 100 valence electrons. The summed E-state index contributed by atoms with van der Waals surface area (Å²) < 4.78 is 5.70. The summed E-state index contributed by atoms with van der Waals surface area (Å²) in [7, 11) is 0. The van der Waals surface area contributed by atoms with Gasteiger partial charge in [0.25, 0.3) is 0 Å². The molecule has 3 rings (SSSR count). The number of thiophene rings is 1. The van der Waals surface area contributed by atoms with E-state index in [9.17, 15) is 0 Å². The van der Waals surface area contributed by atoms with Crippen LogP contribution in [-0.4, -0.2) is 17.6 Å². The fourth-order valence-corrected chi connectivity index (χ4v) is 2.55. The van der Waals surface area contributed by atoms with Crippen molar-refractivity contribution >= 4 is 11.3 Å². The van der Waals surface area contributed by atoms with Gasteiger partial charge in [-0.25, -0.2) is 0 Å². The predicted molar refractivity (Wildman–Crippen MR) is 77.6 cm³/mol. The minimum absolute atomic E-state index is 0.710. The molecular weight excluding hydrogens is 256 g/mol. The van der Waals surface area contributed by atoms with E-state index in [0.717, 1.165) is 30.5 Å². The largest absolute Gasteiger partial charge is 0.492 e. The van der Waals surface area contributed by atoms with Gasteiger partial charge >= 0.3 is 0 Å². The Morgan fingerprint density at radius 3 is 2.95 bits per heavy atom. The van der Waals surface area contributed by atoms with Crippen LogP contribution >= 0.6 is 11.3 Å². The molecule has 1 aliphatic rings. The van der Waals surface area contributed by atoms with Gasteiger partial charge in [-0.2, -0.15) is 0 Å². The van der Waals surface area contributed by atoms with E-state index in [1.54, 1.807) is 11.3 Å². The quantitative estimate of drug-likeness (QED) is 0.842. The number of pyridine rings is 1. The van der Waals surface area contributed by atoms with Crippen LogP contribution < -0.4 is 10.1 Å². The van der Waals surface area contributed by atoms with Crippen LogP contribution in [0.3, 0.4) is 0 Å². The molecule has 0 spiro atoms. The molecule has 3 nitrogen and oxygen atoms in total. The zero-order chi connectivity index (χ0) is 12.9. The molecule has 0 radical (unpaired) electrons. The Hall–Kier alpha value is -1.39. The smallest absolute Gasteiger partial charge is 0.137 e. The van der Waals surface area contributed by atoms with Crippen LogP contribution in [0.4, 0.5) is 0 Å². The van der Waals surface area contributed by atoms with Gasteiger partial charge in [-0.15, -0.1) is 11.3 Å². The molecule has 2 heterocycles. The Kier molecular flexibility index (Phi) is 4.10. The second-order valence-electron chi connectivity index (χ2n) is 4.82. The van der Waals surface area contributed by atoms with Crippen molar-refractivity contribution < 1.29 is 4.74 Å². The van der Waals surface area contributed by atoms with Crippen LogP contribution in [0.2, 0.25) is 0 Å². The van der Waals surface area contributed by atoms with Gasteiger partial charge in [0, 0.05) is 23.9 Å². The van der Waals surface area contributed by atoms with E-state index in [-0.39, 0.29) is 0 Å². The van der Waals surface area contributed by atoms with Crippen LogP contribution in [0, 0.1) is 0 Å². The SMILES string of the molecule is c1csc(CCOc2ccc(CNC3CC3)nc2)c1. The minimum atomic E-state index is 0.710. The number of aromatic nitrogens is 1. The predicted octanol–water partition coefficient (Wildman–Crippen LogP) is 3.02. The number of rotatable bonds is 7. The van der Waals surface area contributed by atoms with E-state index < -0.39 is 0 Å². The lowest BCUT2D eigenvalue weighted by molar-refractivity contribution is 0.321. The molecule has 0 bridgehead atoms. The van der Waals surface area contributed by atoms with Crippen molar-refractivity contribution in [1.82, 2.24) is 10.3 Å². The molecule has 4 heteroatoms. The van der Waals surface area contributed by atoms with E-state index >= 15 is 0 Å². The highest BCUT2D eigenvalue weighted by Gasteiger charge is 2.19. The first-order chi connectivity index (χ1) is 9.40. The van der Waals surface area contributed by atoms with Crippen LogP contribution in [0.5, 0.6) is 5.75 Å². The highest BCUT2D eigenvalue weighted by atomic mass is 32.1.